The van der Waals surface area contributed by atoms with Gasteiger partial charge in [0, 0.05) is 42.6 Å². The summed E-state index contributed by atoms with van der Waals surface area (Å²) in [7, 11) is -3.71. The molecule has 8 nitrogen and oxygen atoms in total. The molecule has 0 aliphatic heterocycles. The molecule has 0 spiro atoms. The van der Waals surface area contributed by atoms with Crippen LogP contribution in [-0.4, -0.2) is 29.1 Å². The molecular weight excluding hydrogens is 356 g/mol. The molecule has 0 atom stereocenters. The summed E-state index contributed by atoms with van der Waals surface area (Å²) in [5, 5.41) is 14.1. The number of hydrogen-bond acceptors (Lipinski definition) is 6. The second-order valence-corrected chi connectivity index (χ2v) is 7.69. The molecule has 1 aromatic heterocycles. The summed E-state index contributed by atoms with van der Waals surface area (Å²) in [6.45, 7) is 0.450. The van der Waals surface area contributed by atoms with Gasteiger partial charge in [-0.3, -0.25) is 10.1 Å². The van der Waals surface area contributed by atoms with Crippen molar-refractivity contribution in [1.82, 2.24) is 9.55 Å². The molecule has 0 bridgehead atoms. The van der Waals surface area contributed by atoms with Gasteiger partial charge in [0.15, 0.2) is 9.84 Å². The van der Waals surface area contributed by atoms with Gasteiger partial charge in [0.25, 0.3) is 5.69 Å². The minimum Gasteiger partial charge on any atom is -0.381 e. The Morgan fingerprint density at radius 2 is 1.92 bits per heavy atom. The van der Waals surface area contributed by atoms with Crippen LogP contribution in [0.3, 0.4) is 0 Å². The molecule has 134 valence electrons. The lowest BCUT2D eigenvalue weighted by Gasteiger charge is -2.09. The van der Waals surface area contributed by atoms with Crippen molar-refractivity contribution in [3.05, 3.63) is 76.9 Å². The molecule has 0 saturated heterocycles. The third-order valence-corrected chi connectivity index (χ3v) is 4.92. The molecule has 26 heavy (non-hydrogen) atoms. The largest absolute Gasteiger partial charge is 0.381 e. The first-order chi connectivity index (χ1) is 12.3. The van der Waals surface area contributed by atoms with Gasteiger partial charge in [-0.15, -0.1) is 0 Å². The second kappa shape index (κ2) is 6.96. The molecule has 0 aliphatic rings. The van der Waals surface area contributed by atoms with Crippen molar-refractivity contribution in [2.24, 2.45) is 0 Å². The molecule has 9 heteroatoms. The Hall–Kier alpha value is -3.20. The van der Waals surface area contributed by atoms with Crippen molar-refractivity contribution in [3.8, 4) is 5.69 Å². The molecule has 0 aliphatic carbocycles. The minimum absolute atomic E-state index is 0.303. The van der Waals surface area contributed by atoms with Gasteiger partial charge in [0.2, 0.25) is 0 Å². The Balaban J connectivity index is 1.76. The predicted octanol–water partition coefficient (Wildman–Crippen LogP) is 2.80. The smallest absolute Gasteiger partial charge is 0.288 e. The van der Waals surface area contributed by atoms with Crippen LogP contribution in [0, 0.1) is 10.1 Å². The number of aromatic nitrogens is 2. The van der Waals surface area contributed by atoms with Gasteiger partial charge in [0.05, 0.1) is 11.3 Å². The van der Waals surface area contributed by atoms with E-state index in [9.17, 15) is 18.5 Å². The van der Waals surface area contributed by atoms with E-state index in [4.69, 9.17) is 0 Å². The summed E-state index contributed by atoms with van der Waals surface area (Å²) in [6, 6.07) is 11.7. The van der Waals surface area contributed by atoms with Gasteiger partial charge in [-0.25, -0.2) is 13.4 Å². The van der Waals surface area contributed by atoms with E-state index < -0.39 is 20.4 Å². The number of anilines is 1. The Bertz CT molecular complexity index is 1030. The fraction of sp³-hybridized carbons (Fsp3) is 0.118. The number of nitrogens with zero attached hydrogens (tertiary/aromatic N) is 3. The van der Waals surface area contributed by atoms with Crippen LogP contribution in [0.5, 0.6) is 0 Å². The quantitative estimate of drug-likeness (QED) is 0.527. The highest BCUT2D eigenvalue weighted by atomic mass is 32.2. The Kier molecular flexibility index (Phi) is 4.72. The van der Waals surface area contributed by atoms with Crippen molar-refractivity contribution in [3.63, 3.8) is 0 Å². The highest BCUT2D eigenvalue weighted by Crippen LogP contribution is 2.27. The maximum Gasteiger partial charge on any atom is 0.288 e. The second-order valence-electron chi connectivity index (χ2n) is 5.70. The van der Waals surface area contributed by atoms with Gasteiger partial charge in [-0.1, -0.05) is 12.1 Å². The maximum absolute atomic E-state index is 11.8. The van der Waals surface area contributed by atoms with Gasteiger partial charge < -0.3 is 9.88 Å². The Labute approximate surface area is 150 Å². The number of nitro groups is 1. The van der Waals surface area contributed by atoms with Gasteiger partial charge in [-0.2, -0.15) is 0 Å². The van der Waals surface area contributed by atoms with Crippen LogP contribution in [0.25, 0.3) is 5.69 Å². The number of rotatable bonds is 6. The van der Waals surface area contributed by atoms with Crippen molar-refractivity contribution in [2.45, 2.75) is 11.4 Å². The number of nitrogens with one attached hydrogen (secondary N) is 1. The van der Waals surface area contributed by atoms with Crippen LogP contribution in [-0.2, 0) is 16.4 Å². The van der Waals surface area contributed by atoms with Crippen LogP contribution < -0.4 is 5.32 Å². The molecule has 0 radical (unpaired) electrons. The van der Waals surface area contributed by atoms with E-state index in [1.807, 2.05) is 35.0 Å². The van der Waals surface area contributed by atoms with Crippen LogP contribution in [0.2, 0.25) is 0 Å². The highest BCUT2D eigenvalue weighted by molar-refractivity contribution is 7.90. The number of benzene rings is 2. The highest BCUT2D eigenvalue weighted by Gasteiger charge is 2.22. The van der Waals surface area contributed by atoms with Crippen molar-refractivity contribution < 1.29 is 13.3 Å². The lowest BCUT2D eigenvalue weighted by molar-refractivity contribution is -0.387. The topological polar surface area (TPSA) is 107 Å². The van der Waals surface area contributed by atoms with Crippen LogP contribution >= 0.6 is 0 Å². The van der Waals surface area contributed by atoms with E-state index in [-0.39, 0.29) is 4.90 Å². The first kappa shape index (κ1) is 17.6. The van der Waals surface area contributed by atoms with Crippen LogP contribution in [0.15, 0.2) is 66.1 Å². The fourth-order valence-corrected chi connectivity index (χ4v) is 3.34. The molecule has 1 heterocycles. The summed E-state index contributed by atoms with van der Waals surface area (Å²) in [5.41, 5.74) is 2.02. The number of sulfone groups is 1. The van der Waals surface area contributed by atoms with Crippen LogP contribution in [0.4, 0.5) is 11.4 Å². The van der Waals surface area contributed by atoms with Gasteiger partial charge in [-0.05, 0) is 29.8 Å². The molecule has 3 rings (SSSR count). The van der Waals surface area contributed by atoms with E-state index in [1.165, 1.54) is 18.2 Å². The summed E-state index contributed by atoms with van der Waals surface area (Å²) in [4.78, 5) is 14.0. The molecule has 0 fully saturated rings. The van der Waals surface area contributed by atoms with E-state index in [0.717, 1.165) is 17.5 Å². The zero-order valence-corrected chi connectivity index (χ0v) is 14.7. The molecular formula is C17H16N4O4S. The standard InChI is InChI=1S/C17H16N4O4S/c1-26(24,25)17-10-14(4-7-16(17)21(22)23)19-11-13-2-5-15(6-3-13)20-9-8-18-12-20/h2-10,12,19H,11H2,1H3. The minimum atomic E-state index is -3.71. The number of imidazole rings is 1. The van der Waals surface area contributed by atoms with E-state index >= 15 is 0 Å². The first-order valence-corrected chi connectivity index (χ1v) is 9.53. The van der Waals surface area contributed by atoms with Crippen molar-refractivity contribution in [2.75, 3.05) is 11.6 Å². The van der Waals surface area contributed by atoms with Gasteiger partial charge in [0.1, 0.15) is 4.90 Å². The Morgan fingerprint density at radius 1 is 1.19 bits per heavy atom. The third kappa shape index (κ3) is 3.89. The molecule has 1 N–H and O–H groups in total. The average Bonchev–Trinajstić information content (AvgIpc) is 3.14. The predicted molar refractivity (Wildman–Crippen MR) is 97.1 cm³/mol. The zero-order valence-electron chi connectivity index (χ0n) is 13.9. The SMILES string of the molecule is CS(=O)(=O)c1cc(NCc2ccc(-n3ccnc3)cc2)ccc1[N+](=O)[O-]. The molecule has 0 unspecified atom stereocenters. The molecule has 0 amide bonds. The van der Waals surface area contributed by atoms with Gasteiger partial charge >= 0.3 is 0 Å². The monoisotopic (exact) mass is 372 g/mol. The molecule has 2 aromatic carbocycles. The number of nitro benzene ring substituents is 1. The van der Waals surface area contributed by atoms with E-state index in [2.05, 4.69) is 10.3 Å². The van der Waals surface area contributed by atoms with Crippen molar-refractivity contribution >= 4 is 21.2 Å². The summed E-state index contributed by atoms with van der Waals surface area (Å²) < 4.78 is 25.5. The normalized spacial score (nSPS) is 11.3. The number of hydrogen-bond donors (Lipinski definition) is 1. The lowest BCUT2D eigenvalue weighted by Crippen LogP contribution is -2.05. The fourth-order valence-electron chi connectivity index (χ4n) is 2.47. The lowest BCUT2D eigenvalue weighted by atomic mass is 10.2. The van der Waals surface area contributed by atoms with E-state index in [1.54, 1.807) is 12.5 Å². The first-order valence-electron chi connectivity index (χ1n) is 7.64. The van der Waals surface area contributed by atoms with Crippen LogP contribution in [0.1, 0.15) is 5.56 Å². The molecule has 3 aromatic rings. The summed E-state index contributed by atoms with van der Waals surface area (Å²) >= 11 is 0. The van der Waals surface area contributed by atoms with E-state index in [0.29, 0.717) is 12.2 Å². The Morgan fingerprint density at radius 3 is 2.50 bits per heavy atom. The zero-order chi connectivity index (χ0) is 18.7. The maximum atomic E-state index is 11.8. The average molecular weight is 372 g/mol. The summed E-state index contributed by atoms with van der Waals surface area (Å²) in [6.07, 6.45) is 6.20. The third-order valence-electron chi connectivity index (χ3n) is 3.79. The summed E-state index contributed by atoms with van der Waals surface area (Å²) in [5.74, 6) is 0. The molecule has 0 saturated carbocycles. The van der Waals surface area contributed by atoms with Crippen molar-refractivity contribution in [1.29, 1.82) is 0 Å².